The minimum absolute atomic E-state index is 0.102. The average molecular weight is 431 g/mol. The molecule has 0 atom stereocenters. The van der Waals surface area contributed by atoms with Crippen LogP contribution in [0.2, 0.25) is 5.02 Å². The van der Waals surface area contributed by atoms with Gasteiger partial charge in [-0.15, -0.1) is 0 Å². The van der Waals surface area contributed by atoms with Gasteiger partial charge in [-0.25, -0.2) is 0 Å². The second-order valence-electron chi connectivity index (χ2n) is 8.42. The van der Waals surface area contributed by atoms with Crippen molar-refractivity contribution in [3.63, 3.8) is 0 Å². The van der Waals surface area contributed by atoms with Gasteiger partial charge in [0.15, 0.2) is 0 Å². The molecule has 0 aliphatic carbocycles. The molecule has 1 N–H and O–H groups in total. The van der Waals surface area contributed by atoms with E-state index in [1.54, 1.807) is 36.5 Å². The van der Waals surface area contributed by atoms with Crippen LogP contribution in [0, 0.1) is 0 Å². The van der Waals surface area contributed by atoms with Crippen LogP contribution < -0.4 is 10.1 Å². The van der Waals surface area contributed by atoms with Gasteiger partial charge in [-0.3, -0.25) is 9.78 Å². The third kappa shape index (κ3) is 5.04. The van der Waals surface area contributed by atoms with Gasteiger partial charge in [0.25, 0.3) is 5.91 Å². The van der Waals surface area contributed by atoms with Crippen LogP contribution in [0.1, 0.15) is 36.8 Å². The van der Waals surface area contributed by atoms with Crippen LogP contribution in [0.25, 0.3) is 10.8 Å². The van der Waals surface area contributed by atoms with Crippen molar-refractivity contribution in [2.24, 2.45) is 0 Å². The number of carbonyl (C=O) groups is 1. The molecule has 0 aliphatic rings. The molecule has 31 heavy (non-hydrogen) atoms. The Hall–Kier alpha value is -3.37. The van der Waals surface area contributed by atoms with E-state index in [9.17, 15) is 4.79 Å². The van der Waals surface area contributed by atoms with Gasteiger partial charge >= 0.3 is 0 Å². The number of carbonyl (C=O) groups excluding carboxylic acids is 1. The van der Waals surface area contributed by atoms with Crippen molar-refractivity contribution in [3.8, 4) is 11.5 Å². The fourth-order valence-electron chi connectivity index (χ4n) is 3.19. The van der Waals surface area contributed by atoms with Crippen molar-refractivity contribution in [1.82, 2.24) is 4.98 Å². The molecule has 0 fully saturated rings. The maximum absolute atomic E-state index is 12.5. The molecule has 5 heteroatoms. The molecule has 0 spiro atoms. The van der Waals surface area contributed by atoms with E-state index in [0.717, 1.165) is 22.3 Å². The van der Waals surface area contributed by atoms with Crippen molar-refractivity contribution in [2.75, 3.05) is 5.32 Å². The second-order valence-corrected chi connectivity index (χ2v) is 8.85. The van der Waals surface area contributed by atoms with Crippen LogP contribution in [-0.4, -0.2) is 10.9 Å². The number of hydrogen-bond acceptors (Lipinski definition) is 3. The number of nitrogens with zero attached hydrogens (tertiary/aromatic N) is 1. The van der Waals surface area contributed by atoms with Crippen molar-refractivity contribution in [3.05, 3.63) is 95.3 Å². The van der Waals surface area contributed by atoms with Gasteiger partial charge < -0.3 is 10.1 Å². The van der Waals surface area contributed by atoms with Crippen molar-refractivity contribution in [2.45, 2.75) is 26.2 Å². The molecule has 4 nitrogen and oxygen atoms in total. The molecule has 0 bridgehead atoms. The van der Waals surface area contributed by atoms with E-state index in [2.05, 4.69) is 43.2 Å². The summed E-state index contributed by atoms with van der Waals surface area (Å²) >= 11 is 5.88. The first-order valence-electron chi connectivity index (χ1n) is 10.0. The average Bonchev–Trinajstić information content (AvgIpc) is 2.74. The van der Waals surface area contributed by atoms with Crippen LogP contribution in [0.5, 0.6) is 11.5 Å². The summed E-state index contributed by atoms with van der Waals surface area (Å²) in [7, 11) is 0. The van der Waals surface area contributed by atoms with Gasteiger partial charge in [0, 0.05) is 22.3 Å². The zero-order chi connectivity index (χ0) is 22.0. The number of hydrogen-bond donors (Lipinski definition) is 1. The molecule has 0 aliphatic heterocycles. The highest BCUT2D eigenvalue weighted by Gasteiger charge is 2.13. The fourth-order valence-corrected chi connectivity index (χ4v) is 3.32. The van der Waals surface area contributed by atoms with E-state index in [1.165, 1.54) is 5.56 Å². The molecule has 4 aromatic rings. The molecular formula is C26H23ClN2O2. The number of anilines is 1. The lowest BCUT2D eigenvalue weighted by Gasteiger charge is -2.19. The minimum Gasteiger partial charge on any atom is -0.457 e. The summed E-state index contributed by atoms with van der Waals surface area (Å²) in [5, 5.41) is 5.24. The fraction of sp³-hybridized carbons (Fsp3) is 0.154. The van der Waals surface area contributed by atoms with Gasteiger partial charge in [0.2, 0.25) is 0 Å². The molecule has 0 saturated heterocycles. The third-order valence-electron chi connectivity index (χ3n) is 4.98. The smallest absolute Gasteiger partial charge is 0.274 e. The highest BCUT2D eigenvalue weighted by molar-refractivity contribution is 6.30. The maximum Gasteiger partial charge on any atom is 0.274 e. The van der Waals surface area contributed by atoms with Crippen LogP contribution in [0.3, 0.4) is 0 Å². The first kappa shape index (κ1) is 20.9. The quantitative estimate of drug-likeness (QED) is 0.371. The molecule has 0 radical (unpaired) electrons. The largest absolute Gasteiger partial charge is 0.457 e. The highest BCUT2D eigenvalue weighted by Crippen LogP contribution is 2.29. The van der Waals surface area contributed by atoms with Gasteiger partial charge in [-0.2, -0.15) is 0 Å². The second kappa shape index (κ2) is 8.40. The summed E-state index contributed by atoms with van der Waals surface area (Å²) < 4.78 is 6.00. The van der Waals surface area contributed by atoms with Gasteiger partial charge in [-0.1, -0.05) is 50.6 Å². The van der Waals surface area contributed by atoms with Gasteiger partial charge in [0.05, 0.1) is 0 Å². The lowest BCUT2D eigenvalue weighted by atomic mass is 9.87. The predicted molar refractivity (Wildman–Crippen MR) is 126 cm³/mol. The Balaban J connectivity index is 1.50. The first-order valence-corrected chi connectivity index (χ1v) is 10.4. The monoisotopic (exact) mass is 430 g/mol. The molecule has 1 heterocycles. The zero-order valence-electron chi connectivity index (χ0n) is 17.6. The number of pyridine rings is 1. The topological polar surface area (TPSA) is 51.2 Å². The van der Waals surface area contributed by atoms with E-state index >= 15 is 0 Å². The molecule has 3 aromatic carbocycles. The lowest BCUT2D eigenvalue weighted by Crippen LogP contribution is -2.13. The highest BCUT2D eigenvalue weighted by atomic mass is 35.5. The third-order valence-corrected chi connectivity index (χ3v) is 5.24. The summed E-state index contributed by atoms with van der Waals surface area (Å²) in [6.45, 7) is 6.55. The Morgan fingerprint density at radius 3 is 2.23 bits per heavy atom. The maximum atomic E-state index is 12.5. The Bertz CT molecular complexity index is 1230. The molecular weight excluding hydrogens is 408 g/mol. The van der Waals surface area contributed by atoms with Crippen molar-refractivity contribution < 1.29 is 9.53 Å². The van der Waals surface area contributed by atoms with Crippen LogP contribution in [-0.2, 0) is 5.41 Å². The van der Waals surface area contributed by atoms with E-state index in [-0.39, 0.29) is 11.3 Å². The summed E-state index contributed by atoms with van der Waals surface area (Å²) in [5.41, 5.74) is 2.36. The van der Waals surface area contributed by atoms with Crippen LogP contribution >= 0.6 is 11.6 Å². The van der Waals surface area contributed by atoms with E-state index in [0.29, 0.717) is 16.4 Å². The van der Waals surface area contributed by atoms with E-state index in [1.807, 2.05) is 30.3 Å². The Kier molecular flexibility index (Phi) is 5.66. The Labute approximate surface area is 186 Å². The van der Waals surface area contributed by atoms with Crippen molar-refractivity contribution >= 4 is 34.0 Å². The normalized spacial score (nSPS) is 11.4. The zero-order valence-corrected chi connectivity index (χ0v) is 18.4. The number of halogens is 1. The Morgan fingerprint density at radius 1 is 0.871 bits per heavy atom. The molecule has 4 rings (SSSR count). The summed E-state index contributed by atoms with van der Waals surface area (Å²) in [6, 6.07) is 22.6. The number of ether oxygens (including phenoxy) is 1. The molecule has 156 valence electrons. The predicted octanol–water partition coefficient (Wildman–Crippen LogP) is 7.23. The van der Waals surface area contributed by atoms with Crippen molar-refractivity contribution in [1.29, 1.82) is 0 Å². The van der Waals surface area contributed by atoms with E-state index < -0.39 is 0 Å². The number of rotatable bonds is 4. The van der Waals surface area contributed by atoms with E-state index in [4.69, 9.17) is 16.3 Å². The standard InChI is InChI=1S/C26H23ClN2O2/c1-26(2,3)19-5-12-22(13-6-19)31-23-11-4-17-15-24(28-16-18(17)14-23)25(30)29-21-9-7-20(27)8-10-21/h4-16H,1-3H3,(H,29,30). The first-order chi connectivity index (χ1) is 14.8. The summed E-state index contributed by atoms with van der Waals surface area (Å²) in [4.78, 5) is 16.8. The minimum atomic E-state index is -0.275. The summed E-state index contributed by atoms with van der Waals surface area (Å²) in [5.74, 6) is 1.22. The molecule has 0 unspecified atom stereocenters. The SMILES string of the molecule is CC(C)(C)c1ccc(Oc2ccc3cc(C(=O)Nc4ccc(Cl)cc4)ncc3c2)cc1. The van der Waals surface area contributed by atoms with Crippen LogP contribution in [0.15, 0.2) is 79.0 Å². The van der Waals surface area contributed by atoms with Gasteiger partial charge in [0.1, 0.15) is 17.2 Å². The molecule has 1 aromatic heterocycles. The van der Waals surface area contributed by atoms with Gasteiger partial charge in [-0.05, 0) is 71.0 Å². The number of fused-ring (bicyclic) bond motifs is 1. The number of amides is 1. The lowest BCUT2D eigenvalue weighted by molar-refractivity contribution is 0.102. The Morgan fingerprint density at radius 2 is 1.55 bits per heavy atom. The molecule has 1 amide bonds. The van der Waals surface area contributed by atoms with Crippen LogP contribution in [0.4, 0.5) is 5.69 Å². The number of nitrogens with one attached hydrogen (secondary N) is 1. The number of aromatic nitrogens is 1. The number of benzene rings is 3. The summed E-state index contributed by atoms with van der Waals surface area (Å²) in [6.07, 6.45) is 1.68. The molecule has 0 saturated carbocycles.